The van der Waals surface area contributed by atoms with E-state index in [1.165, 1.54) is 0 Å². The summed E-state index contributed by atoms with van der Waals surface area (Å²) < 4.78 is 31.1. The quantitative estimate of drug-likeness (QED) is 0.104. The summed E-state index contributed by atoms with van der Waals surface area (Å²) in [6, 6.07) is 6.50. The standard InChI is InChI=1S/C36H58O7/c1-5-9-13-17-25-39-33-29(37)21-23-31(35(33)41-27-19-15-11-7-3)43-32-24-22-30(38)34(40-26-18-14-10-6-2)36(32)42-28-20-16-12-8-4/h21-24,37-38H,5-20,25-28H2,1-4H3. The molecule has 7 heteroatoms. The normalized spacial score (nSPS) is 11.0. The Balaban J connectivity index is 2.37. The molecule has 2 rings (SSSR count). The lowest BCUT2D eigenvalue weighted by Gasteiger charge is -2.21. The van der Waals surface area contributed by atoms with Crippen LogP contribution < -0.4 is 23.7 Å². The van der Waals surface area contributed by atoms with E-state index < -0.39 is 0 Å². The van der Waals surface area contributed by atoms with Crippen LogP contribution in [-0.4, -0.2) is 36.6 Å². The first-order chi connectivity index (χ1) is 21.1. The molecule has 0 aromatic heterocycles. The van der Waals surface area contributed by atoms with Crippen LogP contribution in [0.25, 0.3) is 0 Å². The van der Waals surface area contributed by atoms with E-state index in [0.717, 1.165) is 103 Å². The number of benzene rings is 2. The monoisotopic (exact) mass is 602 g/mol. The maximum Gasteiger partial charge on any atom is 0.208 e. The molecule has 0 saturated heterocycles. The van der Waals surface area contributed by atoms with Crippen molar-refractivity contribution in [3.8, 4) is 46.0 Å². The van der Waals surface area contributed by atoms with Gasteiger partial charge in [-0.1, -0.05) is 105 Å². The molecule has 0 radical (unpaired) electrons. The van der Waals surface area contributed by atoms with E-state index in [1.807, 2.05) is 0 Å². The average Bonchev–Trinajstić information content (AvgIpc) is 3.00. The van der Waals surface area contributed by atoms with Crippen molar-refractivity contribution < 1.29 is 33.9 Å². The molecule has 0 bridgehead atoms. The molecule has 2 N–H and O–H groups in total. The predicted octanol–water partition coefficient (Wildman–Crippen LogP) is 10.7. The average molecular weight is 603 g/mol. The first-order valence-electron chi connectivity index (χ1n) is 17.0. The maximum absolute atomic E-state index is 10.8. The van der Waals surface area contributed by atoms with Gasteiger partial charge in [-0.2, -0.15) is 0 Å². The van der Waals surface area contributed by atoms with Crippen LogP contribution in [0.3, 0.4) is 0 Å². The number of aromatic hydroxyl groups is 2. The van der Waals surface area contributed by atoms with Crippen LogP contribution in [0.2, 0.25) is 0 Å². The van der Waals surface area contributed by atoms with Gasteiger partial charge in [0.25, 0.3) is 0 Å². The topological polar surface area (TPSA) is 86.6 Å². The number of rotatable bonds is 26. The highest BCUT2D eigenvalue weighted by molar-refractivity contribution is 5.63. The van der Waals surface area contributed by atoms with Crippen molar-refractivity contribution in [1.82, 2.24) is 0 Å². The molecule has 244 valence electrons. The Kier molecular flexibility index (Phi) is 19.0. The van der Waals surface area contributed by atoms with E-state index in [9.17, 15) is 10.2 Å². The van der Waals surface area contributed by atoms with Crippen molar-refractivity contribution in [1.29, 1.82) is 0 Å². The number of hydrogen-bond donors (Lipinski definition) is 2. The minimum atomic E-state index is 0.0144. The summed E-state index contributed by atoms with van der Waals surface area (Å²) in [7, 11) is 0. The first-order valence-corrected chi connectivity index (χ1v) is 17.0. The van der Waals surface area contributed by atoms with Crippen LogP contribution in [0.1, 0.15) is 130 Å². The summed E-state index contributed by atoms with van der Waals surface area (Å²) in [5, 5.41) is 21.5. The molecule has 0 fully saturated rings. The molecular formula is C36H58O7. The van der Waals surface area contributed by atoms with Crippen LogP contribution in [0.4, 0.5) is 0 Å². The van der Waals surface area contributed by atoms with E-state index in [0.29, 0.717) is 49.4 Å². The highest BCUT2D eigenvalue weighted by atomic mass is 16.6. The molecule has 0 saturated carbocycles. The number of hydrogen-bond acceptors (Lipinski definition) is 7. The largest absolute Gasteiger partial charge is 0.504 e. The summed E-state index contributed by atoms with van der Waals surface area (Å²) >= 11 is 0. The zero-order valence-corrected chi connectivity index (χ0v) is 27.4. The van der Waals surface area contributed by atoms with Gasteiger partial charge in [0.2, 0.25) is 23.0 Å². The zero-order chi connectivity index (χ0) is 31.1. The minimum absolute atomic E-state index is 0.0144. The highest BCUT2D eigenvalue weighted by Gasteiger charge is 2.23. The van der Waals surface area contributed by atoms with Crippen molar-refractivity contribution in [2.24, 2.45) is 0 Å². The van der Waals surface area contributed by atoms with Gasteiger partial charge in [0.05, 0.1) is 26.4 Å². The Hall–Kier alpha value is -2.96. The van der Waals surface area contributed by atoms with E-state index >= 15 is 0 Å². The summed E-state index contributed by atoms with van der Waals surface area (Å²) in [6.45, 7) is 10.6. The van der Waals surface area contributed by atoms with E-state index in [2.05, 4.69) is 27.7 Å². The number of ether oxygens (including phenoxy) is 5. The van der Waals surface area contributed by atoms with Gasteiger partial charge in [-0.3, -0.25) is 0 Å². The van der Waals surface area contributed by atoms with Crippen LogP contribution in [-0.2, 0) is 0 Å². The Morgan fingerprint density at radius 2 is 0.698 bits per heavy atom. The molecule has 0 aliphatic rings. The fourth-order valence-electron chi connectivity index (χ4n) is 4.71. The third-order valence-electron chi connectivity index (χ3n) is 7.31. The Morgan fingerprint density at radius 3 is 1.00 bits per heavy atom. The second kappa shape index (κ2) is 22.6. The van der Waals surface area contributed by atoms with Gasteiger partial charge in [-0.05, 0) is 49.9 Å². The first kappa shape index (κ1) is 36.2. The lowest BCUT2D eigenvalue weighted by Crippen LogP contribution is -2.06. The highest BCUT2D eigenvalue weighted by Crippen LogP contribution is 2.50. The summed E-state index contributed by atoms with van der Waals surface area (Å²) in [5.41, 5.74) is 0. The molecule has 0 aliphatic carbocycles. The van der Waals surface area contributed by atoms with Crippen LogP contribution >= 0.6 is 0 Å². The van der Waals surface area contributed by atoms with Crippen molar-refractivity contribution >= 4 is 0 Å². The maximum atomic E-state index is 10.8. The smallest absolute Gasteiger partial charge is 0.208 e. The summed E-state index contributed by atoms with van der Waals surface area (Å²) in [4.78, 5) is 0. The van der Waals surface area contributed by atoms with Gasteiger partial charge in [0, 0.05) is 0 Å². The third-order valence-corrected chi connectivity index (χ3v) is 7.31. The number of unbranched alkanes of at least 4 members (excludes halogenated alkanes) is 12. The van der Waals surface area contributed by atoms with Gasteiger partial charge in [-0.25, -0.2) is 0 Å². The zero-order valence-electron chi connectivity index (χ0n) is 27.4. The van der Waals surface area contributed by atoms with Gasteiger partial charge in [0.15, 0.2) is 23.0 Å². The number of phenolic OH excluding ortho intramolecular Hbond substituents is 2. The molecule has 0 aliphatic heterocycles. The van der Waals surface area contributed by atoms with E-state index in [4.69, 9.17) is 23.7 Å². The van der Waals surface area contributed by atoms with Crippen molar-refractivity contribution in [3.63, 3.8) is 0 Å². The molecule has 2 aromatic carbocycles. The fourth-order valence-corrected chi connectivity index (χ4v) is 4.71. The number of phenols is 2. The molecule has 0 heterocycles. The Bertz CT molecular complexity index is 928. The minimum Gasteiger partial charge on any atom is -0.504 e. The van der Waals surface area contributed by atoms with Gasteiger partial charge >= 0.3 is 0 Å². The van der Waals surface area contributed by atoms with Crippen molar-refractivity contribution in [3.05, 3.63) is 24.3 Å². The van der Waals surface area contributed by atoms with E-state index in [-0.39, 0.29) is 23.0 Å². The third kappa shape index (κ3) is 13.5. The molecule has 2 aromatic rings. The molecule has 0 unspecified atom stereocenters. The predicted molar refractivity (Wildman–Crippen MR) is 175 cm³/mol. The van der Waals surface area contributed by atoms with Crippen LogP contribution in [0, 0.1) is 0 Å². The lowest BCUT2D eigenvalue weighted by atomic mass is 10.2. The molecule has 0 amide bonds. The Labute approximate surface area is 260 Å². The summed E-state index contributed by atoms with van der Waals surface area (Å²) in [5.74, 6) is 2.17. The Morgan fingerprint density at radius 1 is 0.395 bits per heavy atom. The second-order valence-corrected chi connectivity index (χ2v) is 11.2. The molecule has 7 nitrogen and oxygen atoms in total. The van der Waals surface area contributed by atoms with Gasteiger partial charge < -0.3 is 33.9 Å². The van der Waals surface area contributed by atoms with Crippen LogP contribution in [0.5, 0.6) is 46.0 Å². The van der Waals surface area contributed by atoms with E-state index in [1.54, 1.807) is 24.3 Å². The van der Waals surface area contributed by atoms with Gasteiger partial charge in [-0.15, -0.1) is 0 Å². The van der Waals surface area contributed by atoms with Crippen LogP contribution in [0.15, 0.2) is 24.3 Å². The second-order valence-electron chi connectivity index (χ2n) is 11.2. The fraction of sp³-hybridized carbons (Fsp3) is 0.667. The molecule has 0 spiro atoms. The van der Waals surface area contributed by atoms with Crippen molar-refractivity contribution in [2.75, 3.05) is 26.4 Å². The SMILES string of the molecule is CCCCCCOc1c(O)ccc(Oc2ccc(O)c(OCCCCCC)c2OCCCCCC)c1OCCCCCC. The lowest BCUT2D eigenvalue weighted by molar-refractivity contribution is 0.233. The van der Waals surface area contributed by atoms with Gasteiger partial charge in [0.1, 0.15) is 0 Å². The molecule has 0 atom stereocenters. The van der Waals surface area contributed by atoms with Crippen molar-refractivity contribution in [2.45, 2.75) is 130 Å². The summed E-state index contributed by atoms with van der Waals surface area (Å²) in [6.07, 6.45) is 16.9. The molecular weight excluding hydrogens is 544 g/mol. The molecule has 43 heavy (non-hydrogen) atoms.